The fourth-order valence-electron chi connectivity index (χ4n) is 1.84. The minimum Gasteiger partial charge on any atom is -0.326 e. The Morgan fingerprint density at radius 2 is 1.57 bits per heavy atom. The van der Waals surface area contributed by atoms with Gasteiger partial charge in [0.1, 0.15) is 5.82 Å². The van der Waals surface area contributed by atoms with Crippen LogP contribution in [0.3, 0.4) is 0 Å². The lowest BCUT2D eigenvalue weighted by atomic mass is 10.2. The van der Waals surface area contributed by atoms with E-state index in [-0.39, 0.29) is 11.8 Å². The zero-order chi connectivity index (χ0) is 15.4. The Morgan fingerprint density at radius 1 is 1.00 bits per heavy atom. The van der Waals surface area contributed by atoms with Crippen LogP contribution in [0.4, 0.5) is 11.4 Å². The van der Waals surface area contributed by atoms with Gasteiger partial charge >= 0.3 is 0 Å². The number of carbonyl (C=O) groups excluding carboxylic acids is 2. The first-order valence-electron chi connectivity index (χ1n) is 6.45. The van der Waals surface area contributed by atoms with Crippen LogP contribution >= 0.6 is 0 Å². The largest absolute Gasteiger partial charge is 0.326 e. The molecule has 2 rings (SSSR count). The summed E-state index contributed by atoms with van der Waals surface area (Å²) in [5.74, 6) is 0.225. The average molecular weight is 284 g/mol. The van der Waals surface area contributed by atoms with Crippen molar-refractivity contribution in [1.82, 2.24) is 9.97 Å². The first kappa shape index (κ1) is 14.6. The van der Waals surface area contributed by atoms with Crippen molar-refractivity contribution < 1.29 is 9.59 Å². The molecule has 0 unspecified atom stereocenters. The third-order valence-electron chi connectivity index (χ3n) is 2.81. The predicted octanol–water partition coefficient (Wildman–Crippen LogP) is 2.30. The third kappa shape index (κ3) is 3.85. The molecule has 1 aromatic heterocycles. The van der Waals surface area contributed by atoms with Crippen LogP contribution in [0.5, 0.6) is 0 Å². The van der Waals surface area contributed by atoms with Crippen LogP contribution in [-0.4, -0.2) is 21.8 Å². The summed E-state index contributed by atoms with van der Waals surface area (Å²) in [4.78, 5) is 31.3. The van der Waals surface area contributed by atoms with Gasteiger partial charge in [0.15, 0.2) is 0 Å². The molecule has 0 radical (unpaired) electrons. The van der Waals surface area contributed by atoms with E-state index in [2.05, 4.69) is 20.6 Å². The molecule has 1 heterocycles. The van der Waals surface area contributed by atoms with E-state index in [4.69, 9.17) is 0 Å². The van der Waals surface area contributed by atoms with Gasteiger partial charge in [0.25, 0.3) is 5.91 Å². The van der Waals surface area contributed by atoms with Gasteiger partial charge in [-0.15, -0.1) is 0 Å². The van der Waals surface area contributed by atoms with Gasteiger partial charge in [-0.2, -0.15) is 0 Å². The second-order valence-electron chi connectivity index (χ2n) is 4.63. The normalized spacial score (nSPS) is 10.0. The highest BCUT2D eigenvalue weighted by Gasteiger charge is 2.11. The van der Waals surface area contributed by atoms with Crippen molar-refractivity contribution in [2.75, 3.05) is 10.6 Å². The molecule has 108 valence electrons. The molecule has 0 aliphatic rings. The van der Waals surface area contributed by atoms with E-state index < -0.39 is 0 Å². The lowest BCUT2D eigenvalue weighted by Gasteiger charge is -2.08. The van der Waals surface area contributed by atoms with Crippen molar-refractivity contribution in [2.45, 2.75) is 20.8 Å². The monoisotopic (exact) mass is 284 g/mol. The topological polar surface area (TPSA) is 84.0 Å². The summed E-state index contributed by atoms with van der Waals surface area (Å²) in [6, 6.07) is 6.87. The number of hydrogen-bond donors (Lipinski definition) is 2. The lowest BCUT2D eigenvalue weighted by molar-refractivity contribution is -0.114. The summed E-state index contributed by atoms with van der Waals surface area (Å²) in [7, 11) is 0. The molecule has 2 amide bonds. The summed E-state index contributed by atoms with van der Waals surface area (Å²) < 4.78 is 0. The quantitative estimate of drug-likeness (QED) is 0.905. The minimum absolute atomic E-state index is 0.140. The number of nitrogens with one attached hydrogen (secondary N) is 2. The van der Waals surface area contributed by atoms with Crippen molar-refractivity contribution in [2.24, 2.45) is 0 Å². The average Bonchev–Trinajstić information content (AvgIpc) is 2.40. The molecule has 2 N–H and O–H groups in total. The lowest BCUT2D eigenvalue weighted by Crippen LogP contribution is -2.15. The molecule has 0 saturated heterocycles. The van der Waals surface area contributed by atoms with E-state index in [1.807, 2.05) is 0 Å². The van der Waals surface area contributed by atoms with Crippen molar-refractivity contribution in [1.29, 1.82) is 0 Å². The Kier molecular flexibility index (Phi) is 4.27. The maximum Gasteiger partial charge on any atom is 0.259 e. The Hall–Kier alpha value is -2.76. The van der Waals surface area contributed by atoms with Crippen LogP contribution in [0.25, 0.3) is 0 Å². The van der Waals surface area contributed by atoms with Crippen LogP contribution in [0.1, 0.15) is 28.8 Å². The summed E-state index contributed by atoms with van der Waals surface area (Å²) in [6.07, 6.45) is 1.51. The van der Waals surface area contributed by atoms with Gasteiger partial charge in [0.2, 0.25) is 5.91 Å². The maximum absolute atomic E-state index is 12.1. The molecule has 0 aliphatic heterocycles. The molecule has 0 saturated carbocycles. The minimum atomic E-state index is -0.264. The third-order valence-corrected chi connectivity index (χ3v) is 2.81. The van der Waals surface area contributed by atoms with E-state index >= 15 is 0 Å². The van der Waals surface area contributed by atoms with Crippen LogP contribution in [-0.2, 0) is 4.79 Å². The van der Waals surface area contributed by atoms with Crippen molar-refractivity contribution in [3.05, 3.63) is 47.5 Å². The van der Waals surface area contributed by atoms with Crippen LogP contribution in [0.2, 0.25) is 0 Å². The van der Waals surface area contributed by atoms with E-state index in [1.54, 1.807) is 38.1 Å². The number of aryl methyl sites for hydroxylation is 2. The van der Waals surface area contributed by atoms with Gasteiger partial charge in [-0.1, -0.05) is 0 Å². The zero-order valence-corrected chi connectivity index (χ0v) is 12.1. The molecule has 0 aliphatic carbocycles. The summed E-state index contributed by atoms with van der Waals surface area (Å²) in [5.41, 5.74) is 2.38. The van der Waals surface area contributed by atoms with E-state index in [0.29, 0.717) is 28.5 Å². The Bertz CT molecular complexity index is 681. The van der Waals surface area contributed by atoms with Crippen LogP contribution < -0.4 is 10.6 Å². The van der Waals surface area contributed by atoms with Gasteiger partial charge in [0, 0.05) is 24.5 Å². The van der Waals surface area contributed by atoms with E-state index in [1.165, 1.54) is 13.1 Å². The molecular weight excluding hydrogens is 268 g/mol. The number of carbonyl (C=O) groups is 2. The van der Waals surface area contributed by atoms with E-state index in [0.717, 1.165) is 0 Å². The van der Waals surface area contributed by atoms with Gasteiger partial charge in [0.05, 0.1) is 11.3 Å². The Morgan fingerprint density at radius 3 is 2.10 bits per heavy atom. The van der Waals surface area contributed by atoms with E-state index in [9.17, 15) is 9.59 Å². The smallest absolute Gasteiger partial charge is 0.259 e. The number of rotatable bonds is 3. The first-order valence-corrected chi connectivity index (χ1v) is 6.45. The van der Waals surface area contributed by atoms with Gasteiger partial charge < -0.3 is 10.6 Å². The standard InChI is InChI=1S/C15H16N4O2/c1-9-14(8-16-10(2)17-9)15(21)19-13-6-4-12(5-7-13)18-11(3)20/h4-8H,1-3H3,(H,18,20)(H,19,21). The summed E-state index contributed by atoms with van der Waals surface area (Å²) in [6.45, 7) is 4.98. The Balaban J connectivity index is 2.10. The van der Waals surface area contributed by atoms with Crippen molar-refractivity contribution in [3.63, 3.8) is 0 Å². The molecule has 0 fully saturated rings. The first-order chi connectivity index (χ1) is 9.95. The predicted molar refractivity (Wildman–Crippen MR) is 80.2 cm³/mol. The molecule has 2 aromatic rings. The number of hydrogen-bond acceptors (Lipinski definition) is 4. The van der Waals surface area contributed by atoms with Gasteiger partial charge in [-0.25, -0.2) is 9.97 Å². The molecule has 0 bridgehead atoms. The fourth-order valence-corrected chi connectivity index (χ4v) is 1.84. The molecule has 6 nitrogen and oxygen atoms in total. The molecule has 21 heavy (non-hydrogen) atoms. The van der Waals surface area contributed by atoms with Gasteiger partial charge in [-0.05, 0) is 38.1 Å². The number of amides is 2. The molecule has 6 heteroatoms. The second-order valence-corrected chi connectivity index (χ2v) is 4.63. The number of aromatic nitrogens is 2. The molecule has 0 atom stereocenters. The van der Waals surface area contributed by atoms with Crippen molar-refractivity contribution >= 4 is 23.2 Å². The molecule has 0 spiro atoms. The van der Waals surface area contributed by atoms with Crippen molar-refractivity contribution in [3.8, 4) is 0 Å². The second kappa shape index (κ2) is 6.13. The summed E-state index contributed by atoms with van der Waals surface area (Å²) >= 11 is 0. The van der Waals surface area contributed by atoms with Crippen LogP contribution in [0.15, 0.2) is 30.5 Å². The summed E-state index contributed by atoms with van der Waals surface area (Å²) in [5, 5.41) is 5.43. The highest BCUT2D eigenvalue weighted by molar-refractivity contribution is 6.04. The Labute approximate surface area is 122 Å². The highest BCUT2D eigenvalue weighted by Crippen LogP contribution is 2.15. The fraction of sp³-hybridized carbons (Fsp3) is 0.200. The van der Waals surface area contributed by atoms with Crippen LogP contribution in [0, 0.1) is 13.8 Å². The number of anilines is 2. The number of nitrogens with zero attached hydrogens (tertiary/aromatic N) is 2. The molecule has 1 aromatic carbocycles. The maximum atomic E-state index is 12.1. The van der Waals surface area contributed by atoms with Gasteiger partial charge in [-0.3, -0.25) is 9.59 Å². The highest BCUT2D eigenvalue weighted by atomic mass is 16.2. The zero-order valence-electron chi connectivity index (χ0n) is 12.1. The molecular formula is C15H16N4O2. The SMILES string of the molecule is CC(=O)Nc1ccc(NC(=O)c2cnc(C)nc2C)cc1. The number of benzene rings is 1.